The highest BCUT2D eigenvalue weighted by atomic mass is 16.6. The van der Waals surface area contributed by atoms with Crippen LogP contribution in [0.1, 0.15) is 25.3 Å². The van der Waals surface area contributed by atoms with Crippen LogP contribution in [-0.4, -0.2) is 36.0 Å². The number of rotatable bonds is 4. The minimum atomic E-state index is -0.334. The van der Waals surface area contributed by atoms with E-state index < -0.39 is 0 Å². The van der Waals surface area contributed by atoms with Crippen LogP contribution in [0.2, 0.25) is 0 Å². The number of likely N-dealkylation sites (tertiary alicyclic amines) is 1. The van der Waals surface area contributed by atoms with Gasteiger partial charge in [0.25, 0.3) is 5.69 Å². The Balaban J connectivity index is 2.13. The van der Waals surface area contributed by atoms with Crippen molar-refractivity contribution in [3.05, 3.63) is 33.9 Å². The third kappa shape index (κ3) is 3.44. The molecule has 0 atom stereocenters. The Morgan fingerprint density at radius 3 is 2.68 bits per heavy atom. The van der Waals surface area contributed by atoms with Crippen molar-refractivity contribution in [1.29, 1.82) is 0 Å². The van der Waals surface area contributed by atoms with Gasteiger partial charge in [-0.05, 0) is 45.0 Å². The van der Waals surface area contributed by atoms with Crippen molar-refractivity contribution in [3.63, 3.8) is 0 Å². The van der Waals surface area contributed by atoms with E-state index in [2.05, 4.69) is 24.2 Å². The molecule has 1 aromatic rings. The molecule has 0 radical (unpaired) electrons. The molecule has 1 aliphatic rings. The van der Waals surface area contributed by atoms with Crippen LogP contribution in [0, 0.1) is 10.1 Å². The minimum Gasteiger partial charge on any atom is -0.382 e. The number of nitrogens with one attached hydrogen (secondary N) is 1. The molecule has 1 saturated heterocycles. The number of hydrogen-bond donors (Lipinski definition) is 1. The van der Waals surface area contributed by atoms with Crippen molar-refractivity contribution >= 4 is 11.4 Å². The molecule has 0 amide bonds. The summed E-state index contributed by atoms with van der Waals surface area (Å²) in [6.45, 7) is 4.23. The SMILES string of the molecule is CCc1ccc([N+](=O)[O-])cc1NC1CCN(C)CC1. The van der Waals surface area contributed by atoms with Crippen LogP contribution in [0.15, 0.2) is 18.2 Å². The molecule has 5 heteroatoms. The molecule has 0 unspecified atom stereocenters. The van der Waals surface area contributed by atoms with Gasteiger partial charge >= 0.3 is 0 Å². The number of nitro benzene ring substituents is 1. The summed E-state index contributed by atoms with van der Waals surface area (Å²) in [7, 11) is 2.13. The van der Waals surface area contributed by atoms with E-state index in [0.29, 0.717) is 6.04 Å². The van der Waals surface area contributed by atoms with Gasteiger partial charge in [0, 0.05) is 23.9 Å². The lowest BCUT2D eigenvalue weighted by Crippen LogP contribution is -2.36. The highest BCUT2D eigenvalue weighted by molar-refractivity contribution is 5.58. The van der Waals surface area contributed by atoms with Gasteiger partial charge in [0.05, 0.1) is 4.92 Å². The van der Waals surface area contributed by atoms with Crippen LogP contribution >= 0.6 is 0 Å². The van der Waals surface area contributed by atoms with Gasteiger partial charge in [0.15, 0.2) is 0 Å². The normalized spacial score (nSPS) is 17.4. The molecule has 1 aromatic carbocycles. The molecule has 1 N–H and O–H groups in total. The maximum Gasteiger partial charge on any atom is 0.271 e. The molecule has 0 spiro atoms. The number of benzene rings is 1. The van der Waals surface area contributed by atoms with E-state index in [4.69, 9.17) is 0 Å². The molecule has 1 fully saturated rings. The number of nitrogens with zero attached hydrogens (tertiary/aromatic N) is 2. The van der Waals surface area contributed by atoms with Crippen LogP contribution in [0.5, 0.6) is 0 Å². The molecular formula is C14H21N3O2. The number of nitro groups is 1. The summed E-state index contributed by atoms with van der Waals surface area (Å²) in [5.74, 6) is 0. The van der Waals surface area contributed by atoms with Gasteiger partial charge < -0.3 is 10.2 Å². The third-order valence-corrected chi connectivity index (χ3v) is 3.76. The summed E-state index contributed by atoms with van der Waals surface area (Å²) in [4.78, 5) is 12.8. The van der Waals surface area contributed by atoms with Gasteiger partial charge in [-0.2, -0.15) is 0 Å². The zero-order valence-corrected chi connectivity index (χ0v) is 11.6. The fourth-order valence-corrected chi connectivity index (χ4v) is 2.49. The number of hydrogen-bond acceptors (Lipinski definition) is 4. The van der Waals surface area contributed by atoms with E-state index >= 15 is 0 Å². The molecule has 1 heterocycles. The Bertz CT molecular complexity index is 454. The first-order valence-electron chi connectivity index (χ1n) is 6.82. The number of non-ortho nitro benzene ring substituents is 1. The highest BCUT2D eigenvalue weighted by Gasteiger charge is 2.18. The van der Waals surface area contributed by atoms with Crippen LogP contribution in [-0.2, 0) is 6.42 Å². The van der Waals surface area contributed by atoms with E-state index in [-0.39, 0.29) is 10.6 Å². The van der Waals surface area contributed by atoms with Gasteiger partial charge in [-0.15, -0.1) is 0 Å². The molecule has 5 nitrogen and oxygen atoms in total. The molecule has 104 valence electrons. The first-order chi connectivity index (χ1) is 9.10. The lowest BCUT2D eigenvalue weighted by molar-refractivity contribution is -0.384. The monoisotopic (exact) mass is 263 g/mol. The predicted octanol–water partition coefficient (Wildman–Crippen LogP) is 2.66. The van der Waals surface area contributed by atoms with E-state index in [1.54, 1.807) is 12.1 Å². The standard InChI is InChI=1S/C14H21N3O2/c1-3-11-4-5-13(17(18)19)10-14(11)15-12-6-8-16(2)9-7-12/h4-5,10,12,15H,3,6-9H2,1-2H3. The Morgan fingerprint density at radius 2 is 2.11 bits per heavy atom. The first-order valence-corrected chi connectivity index (χ1v) is 6.82. The molecule has 0 bridgehead atoms. The molecule has 19 heavy (non-hydrogen) atoms. The second kappa shape index (κ2) is 6.02. The van der Waals surface area contributed by atoms with Crippen molar-refractivity contribution in [2.45, 2.75) is 32.2 Å². The van der Waals surface area contributed by atoms with Crippen molar-refractivity contribution in [2.75, 3.05) is 25.5 Å². The van der Waals surface area contributed by atoms with Crippen LogP contribution in [0.4, 0.5) is 11.4 Å². The molecule has 0 aliphatic carbocycles. The average Bonchev–Trinajstić information content (AvgIpc) is 2.41. The quantitative estimate of drug-likeness (QED) is 0.670. The van der Waals surface area contributed by atoms with E-state index in [1.165, 1.54) is 0 Å². The van der Waals surface area contributed by atoms with Gasteiger partial charge in [-0.3, -0.25) is 10.1 Å². The number of anilines is 1. The number of aryl methyl sites for hydroxylation is 1. The summed E-state index contributed by atoms with van der Waals surface area (Å²) in [5, 5.41) is 14.3. The predicted molar refractivity (Wildman–Crippen MR) is 76.6 cm³/mol. The van der Waals surface area contributed by atoms with Crippen molar-refractivity contribution < 1.29 is 4.92 Å². The lowest BCUT2D eigenvalue weighted by atomic mass is 10.0. The maximum absolute atomic E-state index is 10.9. The second-order valence-corrected chi connectivity index (χ2v) is 5.17. The Kier molecular flexibility index (Phi) is 4.37. The molecule has 2 rings (SSSR count). The molecule has 1 aliphatic heterocycles. The average molecular weight is 263 g/mol. The Labute approximate surface area is 113 Å². The van der Waals surface area contributed by atoms with Gasteiger partial charge in [-0.1, -0.05) is 13.0 Å². The second-order valence-electron chi connectivity index (χ2n) is 5.17. The van der Waals surface area contributed by atoms with Crippen LogP contribution < -0.4 is 5.32 Å². The minimum absolute atomic E-state index is 0.160. The summed E-state index contributed by atoms with van der Waals surface area (Å²) >= 11 is 0. The van der Waals surface area contributed by atoms with Crippen molar-refractivity contribution in [2.24, 2.45) is 0 Å². The van der Waals surface area contributed by atoms with Crippen LogP contribution in [0.3, 0.4) is 0 Å². The smallest absolute Gasteiger partial charge is 0.271 e. The fraction of sp³-hybridized carbons (Fsp3) is 0.571. The van der Waals surface area contributed by atoms with Gasteiger partial charge in [-0.25, -0.2) is 0 Å². The van der Waals surface area contributed by atoms with Crippen LogP contribution in [0.25, 0.3) is 0 Å². The molecular weight excluding hydrogens is 242 g/mol. The summed E-state index contributed by atoms with van der Waals surface area (Å²) < 4.78 is 0. The van der Waals surface area contributed by atoms with E-state index in [1.807, 2.05) is 6.07 Å². The van der Waals surface area contributed by atoms with Crippen molar-refractivity contribution in [1.82, 2.24) is 4.90 Å². The number of piperidine rings is 1. The first kappa shape index (κ1) is 13.8. The summed E-state index contributed by atoms with van der Waals surface area (Å²) in [5.41, 5.74) is 2.23. The Hall–Kier alpha value is -1.62. The summed E-state index contributed by atoms with van der Waals surface area (Å²) in [6, 6.07) is 5.52. The van der Waals surface area contributed by atoms with Gasteiger partial charge in [0.1, 0.15) is 0 Å². The van der Waals surface area contributed by atoms with E-state index in [0.717, 1.165) is 43.6 Å². The summed E-state index contributed by atoms with van der Waals surface area (Å²) in [6.07, 6.45) is 3.05. The topological polar surface area (TPSA) is 58.4 Å². The fourth-order valence-electron chi connectivity index (χ4n) is 2.49. The molecule has 0 saturated carbocycles. The zero-order valence-electron chi connectivity index (χ0n) is 11.6. The van der Waals surface area contributed by atoms with Crippen molar-refractivity contribution in [3.8, 4) is 0 Å². The maximum atomic E-state index is 10.9. The lowest BCUT2D eigenvalue weighted by Gasteiger charge is -2.30. The Morgan fingerprint density at radius 1 is 1.42 bits per heavy atom. The zero-order chi connectivity index (χ0) is 13.8. The molecule has 0 aromatic heterocycles. The van der Waals surface area contributed by atoms with Gasteiger partial charge in [0.2, 0.25) is 0 Å². The van der Waals surface area contributed by atoms with E-state index in [9.17, 15) is 10.1 Å². The highest BCUT2D eigenvalue weighted by Crippen LogP contribution is 2.25. The largest absolute Gasteiger partial charge is 0.382 e. The third-order valence-electron chi connectivity index (χ3n) is 3.76.